The molecule has 1 aliphatic heterocycles. The molecule has 0 aromatic heterocycles. The van der Waals surface area contributed by atoms with E-state index in [1.54, 1.807) is 0 Å². The lowest BCUT2D eigenvalue weighted by molar-refractivity contribution is -0.274. The largest absolute Gasteiger partial charge is 0.573 e. The highest BCUT2D eigenvalue weighted by Crippen LogP contribution is 2.31. The Kier molecular flexibility index (Phi) is 6.16. The third-order valence-corrected chi connectivity index (χ3v) is 5.25. The van der Waals surface area contributed by atoms with E-state index < -0.39 is 42.0 Å². The van der Waals surface area contributed by atoms with Crippen LogP contribution in [0.3, 0.4) is 0 Å². The van der Waals surface area contributed by atoms with E-state index in [1.807, 2.05) is 32.0 Å². The summed E-state index contributed by atoms with van der Waals surface area (Å²) in [4.78, 5) is 38.8. The van der Waals surface area contributed by atoms with Gasteiger partial charge in [0.2, 0.25) is 5.91 Å². The monoisotopic (exact) mass is 449 g/mol. The number of benzene rings is 2. The van der Waals surface area contributed by atoms with Gasteiger partial charge in [0.15, 0.2) is 0 Å². The van der Waals surface area contributed by atoms with Crippen LogP contribution >= 0.6 is 0 Å². The van der Waals surface area contributed by atoms with Gasteiger partial charge in [0.25, 0.3) is 5.91 Å². The third kappa shape index (κ3) is 4.68. The summed E-state index contributed by atoms with van der Waals surface area (Å²) >= 11 is 0. The number of urea groups is 1. The summed E-state index contributed by atoms with van der Waals surface area (Å²) in [5.74, 6) is -1.69. The van der Waals surface area contributed by atoms with E-state index in [-0.39, 0.29) is 5.56 Å². The smallest absolute Gasteiger partial charge is 0.406 e. The average molecular weight is 449 g/mol. The van der Waals surface area contributed by atoms with Gasteiger partial charge in [-0.25, -0.2) is 4.79 Å². The highest BCUT2D eigenvalue weighted by atomic mass is 19.4. The van der Waals surface area contributed by atoms with Crippen LogP contribution in [0.5, 0.6) is 5.75 Å². The highest BCUT2D eigenvalue weighted by molar-refractivity contribution is 6.10. The summed E-state index contributed by atoms with van der Waals surface area (Å²) in [5, 5.41) is 5.27. The summed E-state index contributed by atoms with van der Waals surface area (Å²) in [5.41, 5.74) is 1.11. The van der Waals surface area contributed by atoms with Crippen LogP contribution in [0, 0.1) is 6.92 Å². The fraction of sp³-hybridized carbons (Fsp3) is 0.318. The van der Waals surface area contributed by atoms with E-state index in [2.05, 4.69) is 15.4 Å². The Morgan fingerprint density at radius 3 is 2.41 bits per heavy atom. The Bertz CT molecular complexity index is 1050. The van der Waals surface area contributed by atoms with Crippen LogP contribution in [0.1, 0.15) is 30.5 Å². The van der Waals surface area contributed by atoms with Gasteiger partial charge in [-0.2, -0.15) is 0 Å². The van der Waals surface area contributed by atoms with Gasteiger partial charge >= 0.3 is 12.4 Å². The summed E-state index contributed by atoms with van der Waals surface area (Å²) in [7, 11) is 0. The second-order valence-electron chi connectivity index (χ2n) is 7.53. The van der Waals surface area contributed by atoms with Gasteiger partial charge in [0.1, 0.15) is 17.8 Å². The molecule has 0 spiro atoms. The molecule has 0 radical (unpaired) electrons. The van der Waals surface area contributed by atoms with E-state index in [1.165, 1.54) is 19.1 Å². The van der Waals surface area contributed by atoms with Crippen molar-refractivity contribution in [3.8, 4) is 5.75 Å². The molecule has 0 aliphatic carbocycles. The maximum atomic E-state index is 13.0. The van der Waals surface area contributed by atoms with Gasteiger partial charge in [-0.3, -0.25) is 14.5 Å². The van der Waals surface area contributed by atoms with Crippen LogP contribution in [0.15, 0.2) is 42.5 Å². The first-order chi connectivity index (χ1) is 14.9. The minimum Gasteiger partial charge on any atom is -0.406 e. The van der Waals surface area contributed by atoms with E-state index in [4.69, 9.17) is 0 Å². The van der Waals surface area contributed by atoms with Crippen LogP contribution in [0.2, 0.25) is 0 Å². The van der Waals surface area contributed by atoms with Crippen molar-refractivity contribution in [2.24, 2.45) is 0 Å². The fourth-order valence-corrected chi connectivity index (χ4v) is 3.55. The second kappa shape index (κ2) is 8.52. The normalized spacial score (nSPS) is 18.5. The lowest BCUT2D eigenvalue weighted by Crippen LogP contribution is -2.42. The Labute approximate surface area is 182 Å². The number of halogens is 3. The zero-order valence-electron chi connectivity index (χ0n) is 17.7. The number of nitrogens with one attached hydrogen (secondary N) is 2. The van der Waals surface area contributed by atoms with Crippen molar-refractivity contribution < 1.29 is 32.3 Å². The van der Waals surface area contributed by atoms with Crippen LogP contribution in [-0.4, -0.2) is 35.7 Å². The van der Waals surface area contributed by atoms with Crippen LogP contribution in [-0.2, 0) is 21.5 Å². The summed E-state index contributed by atoms with van der Waals surface area (Å²) in [6.45, 7) is 4.69. The first-order valence-corrected chi connectivity index (χ1v) is 9.83. The summed E-state index contributed by atoms with van der Waals surface area (Å²) in [6, 6.07) is 9.42. The number of carbonyl (C=O) groups is 3. The SMILES string of the molecule is CCc1cccc(C)c1NC(=O)CN1C(=O)NC(C)(c2ccc(OC(F)(F)F)cc2)C1=O. The summed E-state index contributed by atoms with van der Waals surface area (Å²) < 4.78 is 40.9. The molecule has 0 bridgehead atoms. The molecule has 1 saturated heterocycles. The van der Waals surface area contributed by atoms with Gasteiger partial charge in [0.05, 0.1) is 0 Å². The molecule has 1 aliphatic rings. The lowest BCUT2D eigenvalue weighted by atomic mass is 9.92. The summed E-state index contributed by atoms with van der Waals surface area (Å²) in [6.07, 6.45) is -4.16. The standard InChI is InChI=1S/C22H22F3N3O4/c1-4-14-7-5-6-13(2)18(14)26-17(29)12-28-19(30)21(3,27-20(28)31)15-8-10-16(11-9-15)32-22(23,24)25/h5-11H,4,12H2,1-3H3,(H,26,29)(H,27,31). The highest BCUT2D eigenvalue weighted by Gasteiger charge is 2.49. The minimum atomic E-state index is -4.85. The predicted molar refractivity (Wildman–Crippen MR) is 110 cm³/mol. The number of aryl methyl sites for hydroxylation is 2. The van der Waals surface area contributed by atoms with Crippen LogP contribution < -0.4 is 15.4 Å². The molecule has 7 nitrogen and oxygen atoms in total. The first-order valence-electron chi connectivity index (χ1n) is 9.83. The van der Waals surface area contributed by atoms with Crippen molar-refractivity contribution in [2.75, 3.05) is 11.9 Å². The van der Waals surface area contributed by atoms with Gasteiger partial charge in [-0.15, -0.1) is 13.2 Å². The third-order valence-electron chi connectivity index (χ3n) is 5.25. The first kappa shape index (κ1) is 23.1. The van der Waals surface area contributed by atoms with Gasteiger partial charge in [0, 0.05) is 5.69 Å². The van der Waals surface area contributed by atoms with E-state index >= 15 is 0 Å². The minimum absolute atomic E-state index is 0.250. The molecule has 3 rings (SSSR count). The van der Waals surface area contributed by atoms with Gasteiger partial charge in [-0.1, -0.05) is 37.3 Å². The van der Waals surface area contributed by atoms with Gasteiger partial charge < -0.3 is 15.4 Å². The van der Waals surface area contributed by atoms with Crippen molar-refractivity contribution in [3.63, 3.8) is 0 Å². The van der Waals surface area contributed by atoms with Gasteiger partial charge in [-0.05, 0) is 49.1 Å². The molecule has 32 heavy (non-hydrogen) atoms. The average Bonchev–Trinajstić information content (AvgIpc) is 2.92. The van der Waals surface area contributed by atoms with Crippen molar-refractivity contribution in [2.45, 2.75) is 39.1 Å². The maximum Gasteiger partial charge on any atom is 0.573 e. The molecule has 10 heteroatoms. The van der Waals surface area contributed by atoms with E-state index in [9.17, 15) is 27.6 Å². The number of anilines is 1. The van der Waals surface area contributed by atoms with E-state index in [0.29, 0.717) is 12.1 Å². The lowest BCUT2D eigenvalue weighted by Gasteiger charge is -2.22. The quantitative estimate of drug-likeness (QED) is 0.656. The number of rotatable bonds is 6. The Morgan fingerprint density at radius 1 is 1.16 bits per heavy atom. The molecule has 170 valence electrons. The second-order valence-corrected chi connectivity index (χ2v) is 7.53. The Morgan fingerprint density at radius 2 is 1.81 bits per heavy atom. The molecule has 4 amide bonds. The molecule has 2 N–H and O–H groups in total. The van der Waals surface area contributed by atoms with Crippen molar-refractivity contribution >= 4 is 23.5 Å². The molecule has 2 aromatic carbocycles. The number of hydrogen-bond acceptors (Lipinski definition) is 4. The molecule has 0 saturated carbocycles. The molecular weight excluding hydrogens is 427 g/mol. The molecule has 1 heterocycles. The molecule has 1 unspecified atom stereocenters. The predicted octanol–water partition coefficient (Wildman–Crippen LogP) is 3.86. The van der Waals surface area contributed by atoms with E-state index in [0.717, 1.165) is 28.2 Å². The zero-order valence-corrected chi connectivity index (χ0v) is 17.7. The number of para-hydroxylation sites is 1. The Hall–Kier alpha value is -3.56. The van der Waals surface area contributed by atoms with Crippen molar-refractivity contribution in [1.82, 2.24) is 10.2 Å². The van der Waals surface area contributed by atoms with Crippen LogP contribution in [0.25, 0.3) is 0 Å². The Balaban J connectivity index is 1.75. The number of ether oxygens (including phenoxy) is 1. The number of alkyl halides is 3. The van der Waals surface area contributed by atoms with Crippen LogP contribution in [0.4, 0.5) is 23.7 Å². The molecular formula is C22H22F3N3O4. The number of hydrogen-bond donors (Lipinski definition) is 2. The van der Waals surface area contributed by atoms with Crippen molar-refractivity contribution in [1.29, 1.82) is 0 Å². The molecule has 1 atom stereocenters. The topological polar surface area (TPSA) is 87.7 Å². The maximum absolute atomic E-state index is 13.0. The molecule has 2 aromatic rings. The molecule has 1 fully saturated rings. The number of nitrogens with zero attached hydrogens (tertiary/aromatic N) is 1. The number of amides is 4. The number of imide groups is 1. The fourth-order valence-electron chi connectivity index (χ4n) is 3.55. The zero-order chi connectivity index (χ0) is 23.7. The van der Waals surface area contributed by atoms with Crippen molar-refractivity contribution in [3.05, 3.63) is 59.2 Å². The number of carbonyl (C=O) groups excluding carboxylic acids is 3.